The zero-order valence-electron chi connectivity index (χ0n) is 19.2. The molecular weight excluding hydrogens is 392 g/mol. The average molecular weight is 427 g/mol. The number of aromatic nitrogens is 5. The van der Waals surface area contributed by atoms with E-state index in [1.165, 1.54) is 5.69 Å². The number of fused-ring (bicyclic) bond motifs is 1. The van der Waals surface area contributed by atoms with Crippen LogP contribution in [0.2, 0.25) is 0 Å². The standard InChI is InChI=1S/C23H34N6O2/c1-15(14-31-5)26-22-24-12-21-19(17-11-25-28(13-17)23(2,3)4)10-20(29(21)27-22)16-6-8-18(30)9-7-16/h10-13,15-16,18,30H,6-9,14H2,1-5H3,(H,26,27)/t15-,16?,18?/m0/s1. The third kappa shape index (κ3) is 4.60. The van der Waals surface area contributed by atoms with E-state index in [2.05, 4.69) is 48.4 Å². The van der Waals surface area contributed by atoms with Gasteiger partial charge in [0.25, 0.3) is 0 Å². The maximum Gasteiger partial charge on any atom is 0.241 e. The lowest BCUT2D eigenvalue weighted by Gasteiger charge is -2.25. The van der Waals surface area contributed by atoms with Gasteiger partial charge in [0.1, 0.15) is 0 Å². The van der Waals surface area contributed by atoms with E-state index in [0.29, 0.717) is 18.5 Å². The van der Waals surface area contributed by atoms with Gasteiger partial charge in [-0.15, -0.1) is 5.10 Å². The van der Waals surface area contributed by atoms with Gasteiger partial charge in [0.15, 0.2) is 0 Å². The lowest BCUT2D eigenvalue weighted by Crippen LogP contribution is -2.23. The maximum absolute atomic E-state index is 9.98. The molecule has 1 aliphatic rings. The summed E-state index contributed by atoms with van der Waals surface area (Å²) >= 11 is 0. The summed E-state index contributed by atoms with van der Waals surface area (Å²) in [5.74, 6) is 0.947. The van der Waals surface area contributed by atoms with Gasteiger partial charge in [0.2, 0.25) is 5.95 Å². The number of hydrogen-bond acceptors (Lipinski definition) is 6. The molecule has 0 saturated heterocycles. The van der Waals surface area contributed by atoms with Crippen LogP contribution in [0.3, 0.4) is 0 Å². The Morgan fingerprint density at radius 2 is 1.97 bits per heavy atom. The van der Waals surface area contributed by atoms with E-state index in [1.54, 1.807) is 7.11 Å². The highest BCUT2D eigenvalue weighted by molar-refractivity contribution is 5.81. The van der Waals surface area contributed by atoms with E-state index >= 15 is 0 Å². The van der Waals surface area contributed by atoms with Crippen molar-refractivity contribution in [1.29, 1.82) is 0 Å². The zero-order valence-corrected chi connectivity index (χ0v) is 19.2. The highest BCUT2D eigenvalue weighted by Crippen LogP contribution is 2.37. The topological polar surface area (TPSA) is 89.5 Å². The Morgan fingerprint density at radius 3 is 2.61 bits per heavy atom. The van der Waals surface area contributed by atoms with Gasteiger partial charge in [-0.2, -0.15) is 5.10 Å². The smallest absolute Gasteiger partial charge is 0.241 e. The number of rotatable bonds is 6. The van der Waals surface area contributed by atoms with Gasteiger partial charge in [-0.25, -0.2) is 9.50 Å². The van der Waals surface area contributed by atoms with Crippen molar-refractivity contribution >= 4 is 11.5 Å². The van der Waals surface area contributed by atoms with E-state index < -0.39 is 0 Å². The first-order valence-electron chi connectivity index (χ1n) is 11.1. The molecule has 168 valence electrons. The SMILES string of the molecule is COC[C@H](C)Nc1ncc2c(-c3cnn(C(C)(C)C)c3)cc(C3CCC(O)CC3)n2n1. The molecule has 3 aromatic heterocycles. The van der Waals surface area contributed by atoms with Gasteiger partial charge in [-0.05, 0) is 59.4 Å². The molecule has 0 aliphatic heterocycles. The minimum Gasteiger partial charge on any atom is -0.393 e. The van der Waals surface area contributed by atoms with Gasteiger partial charge >= 0.3 is 0 Å². The van der Waals surface area contributed by atoms with Gasteiger partial charge in [0, 0.05) is 42.1 Å². The highest BCUT2D eigenvalue weighted by atomic mass is 16.5. The Balaban J connectivity index is 1.77. The first kappa shape index (κ1) is 21.8. The first-order chi connectivity index (χ1) is 14.8. The summed E-state index contributed by atoms with van der Waals surface area (Å²) < 4.78 is 9.25. The summed E-state index contributed by atoms with van der Waals surface area (Å²) in [6, 6.07) is 2.34. The third-order valence-corrected chi connectivity index (χ3v) is 6.03. The van der Waals surface area contributed by atoms with Crippen molar-refractivity contribution in [2.75, 3.05) is 19.0 Å². The Bertz CT molecular complexity index is 1030. The second-order valence-electron chi connectivity index (χ2n) is 9.71. The van der Waals surface area contributed by atoms with E-state index in [0.717, 1.165) is 42.3 Å². The highest BCUT2D eigenvalue weighted by Gasteiger charge is 2.26. The zero-order chi connectivity index (χ0) is 22.2. The molecule has 3 heterocycles. The Kier molecular flexibility index (Phi) is 6.03. The molecule has 1 saturated carbocycles. The van der Waals surface area contributed by atoms with E-state index in [-0.39, 0.29) is 17.7 Å². The second kappa shape index (κ2) is 8.59. The number of aliphatic hydroxyl groups excluding tert-OH is 1. The first-order valence-corrected chi connectivity index (χ1v) is 11.1. The molecule has 1 atom stereocenters. The molecule has 8 nitrogen and oxygen atoms in total. The van der Waals surface area contributed by atoms with Crippen molar-refractivity contribution in [3.05, 3.63) is 30.4 Å². The van der Waals surface area contributed by atoms with Crippen LogP contribution in [0.5, 0.6) is 0 Å². The van der Waals surface area contributed by atoms with Gasteiger partial charge in [-0.3, -0.25) is 4.68 Å². The predicted octanol–water partition coefficient (Wildman–Crippen LogP) is 3.81. The molecule has 4 rings (SSSR count). The lowest BCUT2D eigenvalue weighted by atomic mass is 9.85. The number of ether oxygens (including phenoxy) is 1. The van der Waals surface area contributed by atoms with Crippen molar-refractivity contribution in [1.82, 2.24) is 24.4 Å². The molecular formula is C23H34N6O2. The fourth-order valence-electron chi connectivity index (χ4n) is 4.32. The molecule has 0 amide bonds. The van der Waals surface area contributed by atoms with Crippen molar-refractivity contribution in [3.63, 3.8) is 0 Å². The monoisotopic (exact) mass is 426 g/mol. The van der Waals surface area contributed by atoms with Crippen LogP contribution in [0.1, 0.15) is 65.0 Å². The van der Waals surface area contributed by atoms with Crippen LogP contribution in [0.25, 0.3) is 16.6 Å². The molecule has 0 aromatic carbocycles. The van der Waals surface area contributed by atoms with E-state index in [9.17, 15) is 5.11 Å². The van der Waals surface area contributed by atoms with Crippen LogP contribution >= 0.6 is 0 Å². The van der Waals surface area contributed by atoms with Crippen molar-refractivity contribution in [2.45, 2.75) is 77.0 Å². The largest absolute Gasteiger partial charge is 0.393 e. The number of nitrogens with one attached hydrogen (secondary N) is 1. The molecule has 0 unspecified atom stereocenters. The summed E-state index contributed by atoms with van der Waals surface area (Å²) in [7, 11) is 1.69. The minimum absolute atomic E-state index is 0.0821. The summed E-state index contributed by atoms with van der Waals surface area (Å²) in [4.78, 5) is 4.58. The van der Waals surface area contributed by atoms with E-state index in [1.807, 2.05) is 28.5 Å². The van der Waals surface area contributed by atoms with Crippen LogP contribution in [0, 0.1) is 0 Å². The summed E-state index contributed by atoms with van der Waals surface area (Å²) in [6.07, 6.45) is 9.29. The normalized spacial score (nSPS) is 20.8. The Labute approximate surface area is 183 Å². The summed E-state index contributed by atoms with van der Waals surface area (Å²) in [6.45, 7) is 9.05. The van der Waals surface area contributed by atoms with Crippen molar-refractivity contribution in [3.8, 4) is 11.1 Å². The van der Waals surface area contributed by atoms with Crippen LogP contribution in [-0.2, 0) is 10.3 Å². The number of methoxy groups -OCH3 is 1. The Hall–Kier alpha value is -2.45. The fraction of sp³-hybridized carbons (Fsp3) is 0.609. The number of anilines is 1. The van der Waals surface area contributed by atoms with Crippen LogP contribution in [-0.4, -0.2) is 55.3 Å². The maximum atomic E-state index is 9.98. The molecule has 0 bridgehead atoms. The minimum atomic E-state index is -0.186. The average Bonchev–Trinajstić information content (AvgIpc) is 3.33. The molecule has 31 heavy (non-hydrogen) atoms. The molecule has 0 spiro atoms. The number of hydrogen-bond donors (Lipinski definition) is 2. The predicted molar refractivity (Wildman–Crippen MR) is 121 cm³/mol. The molecule has 8 heteroatoms. The Morgan fingerprint density at radius 1 is 1.23 bits per heavy atom. The van der Waals surface area contributed by atoms with Gasteiger partial charge in [0.05, 0.1) is 36.2 Å². The van der Waals surface area contributed by atoms with Crippen LogP contribution in [0.15, 0.2) is 24.7 Å². The van der Waals surface area contributed by atoms with Crippen molar-refractivity contribution < 1.29 is 9.84 Å². The number of aliphatic hydroxyl groups is 1. The lowest BCUT2D eigenvalue weighted by molar-refractivity contribution is 0.121. The molecule has 1 fully saturated rings. The van der Waals surface area contributed by atoms with Crippen LogP contribution < -0.4 is 5.32 Å². The van der Waals surface area contributed by atoms with E-state index in [4.69, 9.17) is 9.84 Å². The molecule has 3 aromatic rings. The van der Waals surface area contributed by atoms with Gasteiger partial charge in [-0.1, -0.05) is 0 Å². The summed E-state index contributed by atoms with van der Waals surface area (Å²) in [5, 5.41) is 22.7. The fourth-order valence-corrected chi connectivity index (χ4v) is 4.32. The van der Waals surface area contributed by atoms with Gasteiger partial charge < -0.3 is 15.2 Å². The quantitative estimate of drug-likeness (QED) is 0.623. The molecule has 2 N–H and O–H groups in total. The second-order valence-corrected chi connectivity index (χ2v) is 9.71. The molecule has 1 aliphatic carbocycles. The van der Waals surface area contributed by atoms with Crippen molar-refractivity contribution in [2.24, 2.45) is 0 Å². The third-order valence-electron chi connectivity index (χ3n) is 6.03. The number of nitrogens with zero attached hydrogens (tertiary/aromatic N) is 5. The molecule has 0 radical (unpaired) electrons. The summed E-state index contributed by atoms with van der Waals surface area (Å²) in [5.41, 5.74) is 4.21. The van der Waals surface area contributed by atoms with Crippen LogP contribution in [0.4, 0.5) is 5.95 Å².